The number of carbonyl (C=O) groups excluding carboxylic acids is 3. The molecule has 3 aromatic carbocycles. The standard InChI is InChI=1S/C37H46N6O12/c1-25(53-47)16-19-41(22-34(44)50-38)31-10-4-28(5-11-31)37(29-6-12-32(13-7-29)42(23-35(45)51-39)20-17-26(2)54-48)30-8-14-33(15-9-30)43(24-36(46)52-40)21-18-27(3)55-49/h4-15,37,47-49H,1-3,16-24,38-40H2. The predicted octanol–water partition coefficient (Wildman–Crippen LogP) is 3.72. The maximum atomic E-state index is 12.1. The first-order valence-corrected chi connectivity index (χ1v) is 16.7. The normalized spacial score (nSPS) is 10.5. The summed E-state index contributed by atoms with van der Waals surface area (Å²) < 4.78 is 0. The maximum Gasteiger partial charge on any atom is 0.343 e. The summed E-state index contributed by atoms with van der Waals surface area (Å²) in [4.78, 5) is 67.3. The average Bonchev–Trinajstić information content (AvgIpc) is 3.22. The molecule has 3 aromatic rings. The van der Waals surface area contributed by atoms with Crippen molar-refractivity contribution >= 4 is 35.0 Å². The molecule has 0 bridgehead atoms. The van der Waals surface area contributed by atoms with E-state index in [0.717, 1.165) is 16.7 Å². The fraction of sp³-hybridized carbons (Fsp3) is 0.270. The number of benzene rings is 3. The third kappa shape index (κ3) is 13.3. The Hall–Kier alpha value is -6.15. The van der Waals surface area contributed by atoms with Crippen LogP contribution in [0, 0.1) is 0 Å². The van der Waals surface area contributed by atoms with Crippen LogP contribution in [0.3, 0.4) is 0 Å². The molecule has 0 saturated heterocycles. The topological polar surface area (TPSA) is 255 Å². The molecule has 0 unspecified atom stereocenters. The molecule has 0 aliphatic rings. The van der Waals surface area contributed by atoms with Crippen LogP contribution in [0.15, 0.2) is 110 Å². The Morgan fingerprint density at radius 2 is 0.727 bits per heavy atom. The summed E-state index contributed by atoms with van der Waals surface area (Å²) in [5.74, 6) is 13.2. The van der Waals surface area contributed by atoms with E-state index in [1.54, 1.807) is 14.7 Å². The summed E-state index contributed by atoms with van der Waals surface area (Å²) in [5, 5.41) is 26.9. The lowest BCUT2D eigenvalue weighted by atomic mass is 9.85. The molecule has 55 heavy (non-hydrogen) atoms. The van der Waals surface area contributed by atoms with Gasteiger partial charge in [0.2, 0.25) is 0 Å². The lowest BCUT2D eigenvalue weighted by molar-refractivity contribution is -0.204. The predicted molar refractivity (Wildman–Crippen MR) is 200 cm³/mol. The highest BCUT2D eigenvalue weighted by Gasteiger charge is 2.22. The van der Waals surface area contributed by atoms with Crippen LogP contribution >= 0.6 is 0 Å². The third-order valence-electron chi connectivity index (χ3n) is 8.50. The second-order valence-electron chi connectivity index (χ2n) is 12.1. The Morgan fingerprint density at radius 1 is 0.491 bits per heavy atom. The monoisotopic (exact) mass is 766 g/mol. The molecule has 18 heteroatoms. The molecule has 0 atom stereocenters. The molecule has 18 nitrogen and oxygen atoms in total. The van der Waals surface area contributed by atoms with Crippen molar-refractivity contribution in [3.05, 3.63) is 127 Å². The van der Waals surface area contributed by atoms with Gasteiger partial charge in [-0.25, -0.2) is 30.2 Å². The van der Waals surface area contributed by atoms with Gasteiger partial charge < -0.3 is 43.9 Å². The number of carbonyl (C=O) groups is 3. The molecule has 0 aliphatic carbocycles. The molecule has 0 saturated carbocycles. The van der Waals surface area contributed by atoms with Crippen molar-refractivity contribution in [1.82, 2.24) is 0 Å². The average molecular weight is 767 g/mol. The van der Waals surface area contributed by atoms with Gasteiger partial charge in [0.25, 0.3) is 0 Å². The van der Waals surface area contributed by atoms with Crippen molar-refractivity contribution in [2.45, 2.75) is 25.2 Å². The van der Waals surface area contributed by atoms with Gasteiger partial charge in [0.1, 0.15) is 36.9 Å². The number of rotatable bonds is 24. The van der Waals surface area contributed by atoms with Gasteiger partial charge in [0.05, 0.1) is 0 Å². The fourth-order valence-electron chi connectivity index (χ4n) is 5.60. The molecule has 0 spiro atoms. The summed E-state index contributed by atoms with van der Waals surface area (Å²) in [6.07, 6.45) is 0.624. The Bertz CT molecular complexity index is 1540. The van der Waals surface area contributed by atoms with E-state index < -0.39 is 17.9 Å². The number of hydrogen-bond donors (Lipinski definition) is 6. The SMILES string of the molecule is C=C(CCN(CC(=O)ON)c1ccc(C(c2ccc(N(CCC(=C)OO)CC(=O)ON)cc2)c2ccc(N(CCC(=C)OO)CC(=O)ON)cc2)cc1)OO. The fourth-order valence-corrected chi connectivity index (χ4v) is 5.60. The Balaban J connectivity index is 2.07. The van der Waals surface area contributed by atoms with E-state index in [-0.39, 0.29) is 81.7 Å². The van der Waals surface area contributed by atoms with Crippen LogP contribution in [-0.4, -0.2) is 72.9 Å². The Kier molecular flexibility index (Phi) is 17.4. The first-order valence-electron chi connectivity index (χ1n) is 16.7. The molecule has 0 amide bonds. The maximum absolute atomic E-state index is 12.1. The number of anilines is 3. The Morgan fingerprint density at radius 3 is 0.927 bits per heavy atom. The summed E-state index contributed by atoms with van der Waals surface area (Å²) >= 11 is 0. The second kappa shape index (κ2) is 22.2. The third-order valence-corrected chi connectivity index (χ3v) is 8.50. The van der Waals surface area contributed by atoms with Gasteiger partial charge in [-0.1, -0.05) is 56.1 Å². The van der Waals surface area contributed by atoms with Crippen LogP contribution in [0.4, 0.5) is 17.1 Å². The molecule has 0 aromatic heterocycles. The van der Waals surface area contributed by atoms with Crippen LogP contribution in [0.25, 0.3) is 0 Å². The summed E-state index contributed by atoms with van der Waals surface area (Å²) in [6, 6.07) is 22.3. The van der Waals surface area contributed by atoms with Gasteiger partial charge in [-0.2, -0.15) is 17.7 Å². The molecule has 0 radical (unpaired) electrons. The van der Waals surface area contributed by atoms with Gasteiger partial charge >= 0.3 is 17.9 Å². The van der Waals surface area contributed by atoms with Gasteiger partial charge in [0.15, 0.2) is 0 Å². The molecule has 0 heterocycles. The van der Waals surface area contributed by atoms with Crippen molar-refractivity contribution in [2.75, 3.05) is 54.0 Å². The zero-order chi connectivity index (χ0) is 40.3. The molecule has 3 rings (SSSR count). The molecule has 296 valence electrons. The smallest absolute Gasteiger partial charge is 0.343 e. The van der Waals surface area contributed by atoms with E-state index in [0.29, 0.717) is 17.1 Å². The first kappa shape index (κ1) is 43.3. The van der Waals surface area contributed by atoms with E-state index in [2.05, 4.69) is 48.9 Å². The number of nitrogens with zero attached hydrogens (tertiary/aromatic N) is 3. The van der Waals surface area contributed by atoms with E-state index in [1.165, 1.54) is 0 Å². The van der Waals surface area contributed by atoms with Crippen LogP contribution in [0.1, 0.15) is 41.9 Å². The van der Waals surface area contributed by atoms with Crippen LogP contribution in [-0.2, 0) is 43.6 Å². The van der Waals surface area contributed by atoms with Crippen LogP contribution < -0.4 is 32.4 Å². The minimum absolute atomic E-state index is 0.102. The minimum Gasteiger partial charge on any atom is -0.372 e. The van der Waals surface area contributed by atoms with E-state index >= 15 is 0 Å². The van der Waals surface area contributed by atoms with Gasteiger partial charge in [-0.15, -0.1) is 0 Å². The van der Waals surface area contributed by atoms with Crippen molar-refractivity contribution < 1.29 is 59.3 Å². The van der Waals surface area contributed by atoms with Crippen molar-refractivity contribution in [3.63, 3.8) is 0 Å². The summed E-state index contributed by atoms with van der Waals surface area (Å²) in [7, 11) is 0. The van der Waals surface area contributed by atoms with Crippen molar-refractivity contribution in [3.8, 4) is 0 Å². The summed E-state index contributed by atoms with van der Waals surface area (Å²) in [5.41, 5.74) is 4.51. The van der Waals surface area contributed by atoms with Gasteiger partial charge in [0, 0.05) is 61.9 Å². The quantitative estimate of drug-likeness (QED) is 0.0329. The first-order chi connectivity index (χ1) is 26.5. The highest BCUT2D eigenvalue weighted by Crippen LogP contribution is 2.35. The number of hydrogen-bond acceptors (Lipinski definition) is 18. The molecule has 0 aliphatic heterocycles. The van der Waals surface area contributed by atoms with E-state index in [1.807, 2.05) is 72.8 Å². The number of nitrogens with two attached hydrogens (primary N) is 3. The van der Waals surface area contributed by atoms with E-state index in [9.17, 15) is 14.4 Å². The van der Waals surface area contributed by atoms with E-state index in [4.69, 9.17) is 33.5 Å². The summed E-state index contributed by atoms with van der Waals surface area (Å²) in [6.45, 7) is 11.0. The molecular formula is C37H46N6O12. The van der Waals surface area contributed by atoms with Gasteiger partial charge in [-0.05, 0) is 53.1 Å². The second-order valence-corrected chi connectivity index (χ2v) is 12.1. The minimum atomic E-state index is -0.679. The highest BCUT2D eigenvalue weighted by molar-refractivity contribution is 5.77. The van der Waals surface area contributed by atoms with Crippen LogP contribution in [0.5, 0.6) is 0 Å². The molecule has 0 fully saturated rings. The van der Waals surface area contributed by atoms with Crippen molar-refractivity contribution in [1.29, 1.82) is 0 Å². The zero-order valence-electron chi connectivity index (χ0n) is 30.1. The Labute approximate surface area is 317 Å². The highest BCUT2D eigenvalue weighted by atomic mass is 17.1. The van der Waals surface area contributed by atoms with Crippen molar-refractivity contribution in [2.24, 2.45) is 17.7 Å². The molecule has 9 N–H and O–H groups in total. The van der Waals surface area contributed by atoms with Crippen LogP contribution in [0.2, 0.25) is 0 Å². The largest absolute Gasteiger partial charge is 0.372 e. The lowest BCUT2D eigenvalue weighted by Gasteiger charge is -2.27. The van der Waals surface area contributed by atoms with Gasteiger partial charge in [-0.3, -0.25) is 0 Å². The molecular weight excluding hydrogens is 720 g/mol. The lowest BCUT2D eigenvalue weighted by Crippen LogP contribution is -2.33. The zero-order valence-corrected chi connectivity index (χ0v) is 30.1.